The topological polar surface area (TPSA) is 12.0 Å². The molecular weight excluding hydrogens is 274 g/mol. The standard InChI is InChI=1S/C16H24ClNS/c1-11(16(2,3)4)10-18-14-7-8-19-15-6-5-12(17)9-13(14)15/h5-6,9,11,14,18H,7-8,10H2,1-4H3. The lowest BCUT2D eigenvalue weighted by molar-refractivity contribution is 0.244. The molecule has 2 atom stereocenters. The third-order valence-electron chi connectivity index (χ3n) is 4.16. The Morgan fingerprint density at radius 3 is 2.84 bits per heavy atom. The molecule has 2 rings (SSSR count). The summed E-state index contributed by atoms with van der Waals surface area (Å²) < 4.78 is 0. The van der Waals surface area contributed by atoms with Crippen LogP contribution in [0.1, 0.15) is 45.7 Å². The van der Waals surface area contributed by atoms with E-state index < -0.39 is 0 Å². The molecule has 1 heterocycles. The first-order valence-corrected chi connectivity index (χ1v) is 8.40. The van der Waals surface area contributed by atoms with E-state index in [1.165, 1.54) is 22.6 Å². The summed E-state index contributed by atoms with van der Waals surface area (Å²) in [6.07, 6.45) is 1.19. The zero-order chi connectivity index (χ0) is 14.0. The van der Waals surface area contributed by atoms with Gasteiger partial charge in [0.2, 0.25) is 0 Å². The Bertz CT molecular complexity index is 439. The Kier molecular flexibility index (Phi) is 4.86. The molecule has 1 aromatic carbocycles. The van der Waals surface area contributed by atoms with Gasteiger partial charge in [-0.1, -0.05) is 39.3 Å². The second kappa shape index (κ2) is 6.07. The quantitative estimate of drug-likeness (QED) is 0.828. The molecule has 2 unspecified atom stereocenters. The maximum absolute atomic E-state index is 6.14. The van der Waals surface area contributed by atoms with Crippen molar-refractivity contribution in [1.29, 1.82) is 0 Å². The first-order valence-electron chi connectivity index (χ1n) is 7.03. The van der Waals surface area contributed by atoms with Crippen LogP contribution in [0.15, 0.2) is 23.1 Å². The fourth-order valence-electron chi connectivity index (χ4n) is 2.20. The third kappa shape index (κ3) is 3.90. The zero-order valence-corrected chi connectivity index (χ0v) is 13.9. The second-order valence-corrected chi connectivity index (χ2v) is 8.12. The highest BCUT2D eigenvalue weighted by atomic mass is 35.5. The van der Waals surface area contributed by atoms with Gasteiger partial charge in [-0.2, -0.15) is 0 Å². The average molecular weight is 298 g/mol. The average Bonchev–Trinajstić information content (AvgIpc) is 2.34. The fraction of sp³-hybridized carbons (Fsp3) is 0.625. The van der Waals surface area contributed by atoms with E-state index in [-0.39, 0.29) is 0 Å². The van der Waals surface area contributed by atoms with E-state index in [1.54, 1.807) is 0 Å². The summed E-state index contributed by atoms with van der Waals surface area (Å²) >= 11 is 8.08. The van der Waals surface area contributed by atoms with Gasteiger partial charge >= 0.3 is 0 Å². The molecule has 0 fully saturated rings. The molecule has 1 N–H and O–H groups in total. The largest absolute Gasteiger partial charge is 0.310 e. The summed E-state index contributed by atoms with van der Waals surface area (Å²) in [5.41, 5.74) is 1.73. The number of hydrogen-bond donors (Lipinski definition) is 1. The van der Waals surface area contributed by atoms with Crippen LogP contribution < -0.4 is 5.32 Å². The number of nitrogens with one attached hydrogen (secondary N) is 1. The Hall–Kier alpha value is -0.180. The Labute approximate surface area is 126 Å². The van der Waals surface area contributed by atoms with Gasteiger partial charge in [0.15, 0.2) is 0 Å². The SMILES string of the molecule is CC(CNC1CCSc2ccc(Cl)cc21)C(C)(C)C. The van der Waals surface area contributed by atoms with E-state index in [0.29, 0.717) is 17.4 Å². The van der Waals surface area contributed by atoms with Gasteiger partial charge in [-0.05, 0) is 53.8 Å². The van der Waals surface area contributed by atoms with Crippen LogP contribution >= 0.6 is 23.4 Å². The van der Waals surface area contributed by atoms with Crippen LogP contribution in [-0.2, 0) is 0 Å². The molecule has 0 bridgehead atoms. The number of hydrogen-bond acceptors (Lipinski definition) is 2. The minimum atomic E-state index is 0.355. The van der Waals surface area contributed by atoms with Gasteiger partial charge in [-0.25, -0.2) is 0 Å². The van der Waals surface area contributed by atoms with Crippen molar-refractivity contribution >= 4 is 23.4 Å². The molecule has 1 aliphatic rings. The molecule has 0 amide bonds. The lowest BCUT2D eigenvalue weighted by atomic mass is 9.82. The van der Waals surface area contributed by atoms with Gasteiger partial charge in [-0.15, -0.1) is 11.8 Å². The van der Waals surface area contributed by atoms with E-state index in [9.17, 15) is 0 Å². The maximum Gasteiger partial charge on any atom is 0.0410 e. The summed E-state index contributed by atoms with van der Waals surface area (Å²) in [6.45, 7) is 10.3. The summed E-state index contributed by atoms with van der Waals surface area (Å²) in [6, 6.07) is 6.74. The van der Waals surface area contributed by atoms with Crippen LogP contribution in [0.2, 0.25) is 5.02 Å². The van der Waals surface area contributed by atoms with Crippen LogP contribution in [0.25, 0.3) is 0 Å². The van der Waals surface area contributed by atoms with Crippen molar-refractivity contribution in [2.45, 2.75) is 45.1 Å². The van der Waals surface area contributed by atoms with Gasteiger partial charge in [-0.3, -0.25) is 0 Å². The Balaban J connectivity index is 2.05. The molecule has 0 radical (unpaired) electrons. The van der Waals surface area contributed by atoms with E-state index in [1.807, 2.05) is 17.8 Å². The van der Waals surface area contributed by atoms with Crippen molar-refractivity contribution in [1.82, 2.24) is 5.32 Å². The number of thioether (sulfide) groups is 1. The molecule has 1 aliphatic heterocycles. The fourth-order valence-corrected chi connectivity index (χ4v) is 3.49. The van der Waals surface area contributed by atoms with Crippen molar-refractivity contribution in [2.75, 3.05) is 12.3 Å². The predicted molar refractivity (Wildman–Crippen MR) is 86.2 cm³/mol. The van der Waals surface area contributed by atoms with Crippen LogP contribution in [0, 0.1) is 11.3 Å². The van der Waals surface area contributed by atoms with E-state index >= 15 is 0 Å². The highest BCUT2D eigenvalue weighted by Gasteiger charge is 2.24. The lowest BCUT2D eigenvalue weighted by Crippen LogP contribution is -2.33. The Morgan fingerprint density at radius 1 is 1.42 bits per heavy atom. The van der Waals surface area contributed by atoms with Gasteiger partial charge in [0.05, 0.1) is 0 Å². The minimum Gasteiger partial charge on any atom is -0.310 e. The molecule has 1 aromatic rings. The van der Waals surface area contributed by atoms with Crippen LogP contribution in [0.4, 0.5) is 0 Å². The normalized spacial score (nSPS) is 21.0. The second-order valence-electron chi connectivity index (χ2n) is 6.55. The molecule has 0 aromatic heterocycles. The highest BCUT2D eigenvalue weighted by Crippen LogP contribution is 2.38. The molecule has 106 valence electrons. The summed E-state index contributed by atoms with van der Waals surface area (Å²) in [5, 5.41) is 4.58. The van der Waals surface area contributed by atoms with Crippen LogP contribution in [0.5, 0.6) is 0 Å². The van der Waals surface area contributed by atoms with E-state index in [4.69, 9.17) is 11.6 Å². The number of benzene rings is 1. The van der Waals surface area contributed by atoms with Crippen molar-refractivity contribution in [3.8, 4) is 0 Å². The minimum absolute atomic E-state index is 0.355. The molecule has 0 spiro atoms. The smallest absolute Gasteiger partial charge is 0.0410 e. The number of rotatable bonds is 3. The zero-order valence-electron chi connectivity index (χ0n) is 12.3. The molecule has 19 heavy (non-hydrogen) atoms. The molecular formula is C16H24ClNS. The Morgan fingerprint density at radius 2 is 2.16 bits per heavy atom. The molecule has 0 saturated carbocycles. The molecule has 0 aliphatic carbocycles. The molecule has 3 heteroatoms. The highest BCUT2D eigenvalue weighted by molar-refractivity contribution is 7.99. The summed E-state index contributed by atoms with van der Waals surface area (Å²) in [5.74, 6) is 1.85. The van der Waals surface area contributed by atoms with E-state index in [2.05, 4.69) is 45.1 Å². The third-order valence-corrected chi connectivity index (χ3v) is 5.52. The van der Waals surface area contributed by atoms with Gasteiger partial charge in [0.1, 0.15) is 0 Å². The molecule has 0 saturated heterocycles. The number of halogens is 1. The van der Waals surface area contributed by atoms with Crippen molar-refractivity contribution in [2.24, 2.45) is 11.3 Å². The monoisotopic (exact) mass is 297 g/mol. The van der Waals surface area contributed by atoms with Crippen LogP contribution in [-0.4, -0.2) is 12.3 Å². The maximum atomic E-state index is 6.14. The van der Waals surface area contributed by atoms with Crippen molar-refractivity contribution in [3.63, 3.8) is 0 Å². The first-order chi connectivity index (χ1) is 8.88. The van der Waals surface area contributed by atoms with Crippen LogP contribution in [0.3, 0.4) is 0 Å². The summed E-state index contributed by atoms with van der Waals surface area (Å²) in [4.78, 5) is 1.39. The van der Waals surface area contributed by atoms with E-state index in [0.717, 1.165) is 11.6 Å². The predicted octanol–water partition coefficient (Wildman–Crippen LogP) is 5.15. The van der Waals surface area contributed by atoms with Gasteiger partial charge < -0.3 is 5.32 Å². The lowest BCUT2D eigenvalue weighted by Gasteiger charge is -2.32. The first kappa shape index (κ1) is 15.2. The van der Waals surface area contributed by atoms with Crippen molar-refractivity contribution in [3.05, 3.63) is 28.8 Å². The number of fused-ring (bicyclic) bond motifs is 1. The van der Waals surface area contributed by atoms with Gasteiger partial charge in [0, 0.05) is 16.0 Å². The molecule has 1 nitrogen and oxygen atoms in total. The van der Waals surface area contributed by atoms with Crippen molar-refractivity contribution < 1.29 is 0 Å². The van der Waals surface area contributed by atoms with Gasteiger partial charge in [0.25, 0.3) is 0 Å². The summed E-state index contributed by atoms with van der Waals surface area (Å²) in [7, 11) is 0.